The molecule has 2 heterocycles. The van der Waals surface area contributed by atoms with Gasteiger partial charge in [-0.05, 0) is 55.3 Å². The molecule has 3 aromatic rings. The number of nitrogens with zero attached hydrogens (tertiary/aromatic N) is 2. The molecule has 202 valence electrons. The Morgan fingerprint density at radius 1 is 1.18 bits per heavy atom. The SMILES string of the molecule is C=CCOC(=O)c1sc(N2C(=O)C(=O)C(=C(O)c3ccc(OCCCC)cc3)C2c2ccc(Br)cc2)nc1C. The predicted octanol–water partition coefficient (Wildman–Crippen LogP) is 6.36. The fourth-order valence-corrected chi connectivity index (χ4v) is 5.32. The molecule has 2 aromatic carbocycles. The second-order valence-electron chi connectivity index (χ2n) is 8.75. The van der Waals surface area contributed by atoms with Gasteiger partial charge < -0.3 is 14.6 Å². The normalized spacial score (nSPS) is 16.4. The third-order valence-corrected chi connectivity index (χ3v) is 7.70. The number of aromatic nitrogens is 1. The maximum atomic E-state index is 13.4. The molecule has 8 nitrogen and oxygen atoms in total. The number of carbonyl (C=O) groups excluding carboxylic acids is 3. The van der Waals surface area contributed by atoms with Gasteiger partial charge in [-0.15, -0.1) is 0 Å². The zero-order chi connectivity index (χ0) is 28.1. The fourth-order valence-electron chi connectivity index (χ4n) is 4.06. The number of carbonyl (C=O) groups is 3. The molecule has 10 heteroatoms. The number of rotatable bonds is 10. The van der Waals surface area contributed by atoms with E-state index in [1.165, 1.54) is 11.0 Å². The van der Waals surface area contributed by atoms with Gasteiger partial charge >= 0.3 is 11.9 Å². The Bertz CT molecular complexity index is 1430. The van der Waals surface area contributed by atoms with Crippen molar-refractivity contribution in [1.82, 2.24) is 4.98 Å². The van der Waals surface area contributed by atoms with Crippen LogP contribution in [0.2, 0.25) is 0 Å². The number of esters is 1. The standard InChI is InChI=1S/C29H27BrN2O6S/c1-4-6-16-37-21-13-9-19(10-14-21)24(33)22-23(18-7-11-20(30)12-8-18)32(27(35)25(22)34)29-31-17(3)26(39-29)28(36)38-15-5-2/h5,7-14,23,33H,2,4,6,15-16H2,1,3H3. The summed E-state index contributed by atoms with van der Waals surface area (Å²) in [5.41, 5.74) is 1.23. The number of Topliss-reactive ketones (excluding diaryl/α,β-unsaturated/α-hetero) is 1. The van der Waals surface area contributed by atoms with Gasteiger partial charge in [-0.25, -0.2) is 9.78 Å². The summed E-state index contributed by atoms with van der Waals surface area (Å²) in [5.74, 6) is -1.99. The molecule has 1 aliphatic rings. The van der Waals surface area contributed by atoms with Crippen LogP contribution in [0, 0.1) is 6.92 Å². The second-order valence-corrected chi connectivity index (χ2v) is 10.6. The van der Waals surface area contributed by atoms with E-state index in [9.17, 15) is 19.5 Å². The van der Waals surface area contributed by atoms with Gasteiger partial charge in [-0.3, -0.25) is 14.5 Å². The number of ether oxygens (including phenoxy) is 2. The van der Waals surface area contributed by atoms with Crippen LogP contribution in [0.4, 0.5) is 5.13 Å². The van der Waals surface area contributed by atoms with E-state index < -0.39 is 23.7 Å². The number of thiazole rings is 1. The number of ketones is 1. The first-order valence-corrected chi connectivity index (χ1v) is 13.9. The Morgan fingerprint density at radius 2 is 1.87 bits per heavy atom. The first-order chi connectivity index (χ1) is 18.8. The van der Waals surface area contributed by atoms with Crippen molar-refractivity contribution in [2.75, 3.05) is 18.1 Å². The predicted molar refractivity (Wildman–Crippen MR) is 153 cm³/mol. The molecule has 0 aliphatic carbocycles. The summed E-state index contributed by atoms with van der Waals surface area (Å²) in [7, 11) is 0. The highest BCUT2D eigenvalue weighted by molar-refractivity contribution is 9.10. The fraction of sp³-hybridized carbons (Fsp3) is 0.241. The van der Waals surface area contributed by atoms with Crippen molar-refractivity contribution in [3.05, 3.63) is 92.9 Å². The smallest absolute Gasteiger partial charge is 0.350 e. The topological polar surface area (TPSA) is 106 Å². The molecule has 1 atom stereocenters. The van der Waals surface area contributed by atoms with Crippen LogP contribution in [0.25, 0.3) is 5.76 Å². The number of hydrogen-bond donors (Lipinski definition) is 1. The number of aliphatic hydroxyl groups is 1. The van der Waals surface area contributed by atoms with Gasteiger partial charge in [0.1, 0.15) is 23.0 Å². The van der Waals surface area contributed by atoms with E-state index in [4.69, 9.17) is 9.47 Å². The van der Waals surface area contributed by atoms with Gasteiger partial charge in [-0.2, -0.15) is 0 Å². The number of halogens is 1. The van der Waals surface area contributed by atoms with Crippen LogP contribution in [0.5, 0.6) is 5.75 Å². The number of aryl methyl sites for hydroxylation is 1. The van der Waals surface area contributed by atoms with E-state index in [1.807, 2.05) is 0 Å². The van der Waals surface area contributed by atoms with Crippen LogP contribution in [0.3, 0.4) is 0 Å². The van der Waals surface area contributed by atoms with Crippen LogP contribution >= 0.6 is 27.3 Å². The van der Waals surface area contributed by atoms with E-state index in [0.29, 0.717) is 29.2 Å². The summed E-state index contributed by atoms with van der Waals surface area (Å²) in [6.07, 6.45) is 3.37. The number of unbranched alkanes of at least 4 members (excludes halogenated alkanes) is 1. The lowest BCUT2D eigenvalue weighted by atomic mass is 9.95. The Balaban J connectivity index is 1.79. The van der Waals surface area contributed by atoms with Crippen molar-refractivity contribution in [2.45, 2.75) is 32.7 Å². The van der Waals surface area contributed by atoms with Crippen molar-refractivity contribution in [1.29, 1.82) is 0 Å². The van der Waals surface area contributed by atoms with E-state index >= 15 is 0 Å². The molecule has 1 saturated heterocycles. The molecule has 1 unspecified atom stereocenters. The highest BCUT2D eigenvalue weighted by Gasteiger charge is 2.48. The number of anilines is 1. The molecule has 4 rings (SSSR count). The lowest BCUT2D eigenvalue weighted by Crippen LogP contribution is -2.29. The monoisotopic (exact) mass is 610 g/mol. The molecular weight excluding hydrogens is 584 g/mol. The number of amides is 1. The van der Waals surface area contributed by atoms with E-state index in [-0.39, 0.29) is 27.9 Å². The Morgan fingerprint density at radius 3 is 2.51 bits per heavy atom. The van der Waals surface area contributed by atoms with Crippen LogP contribution in [-0.2, 0) is 14.3 Å². The summed E-state index contributed by atoms with van der Waals surface area (Å²) < 4.78 is 11.6. The summed E-state index contributed by atoms with van der Waals surface area (Å²) in [4.78, 5) is 45.2. The van der Waals surface area contributed by atoms with Gasteiger partial charge in [0.05, 0.1) is 23.9 Å². The first kappa shape index (κ1) is 28.3. The Kier molecular flexibility index (Phi) is 8.98. The van der Waals surface area contributed by atoms with Crippen molar-refractivity contribution in [3.63, 3.8) is 0 Å². The lowest BCUT2D eigenvalue weighted by Gasteiger charge is -2.23. The molecule has 0 spiro atoms. The molecule has 1 amide bonds. The molecule has 0 radical (unpaired) electrons. The van der Waals surface area contributed by atoms with Gasteiger partial charge in [-0.1, -0.05) is 65.4 Å². The number of hydrogen-bond acceptors (Lipinski definition) is 8. The summed E-state index contributed by atoms with van der Waals surface area (Å²) in [6, 6.07) is 12.8. The van der Waals surface area contributed by atoms with Crippen LogP contribution in [-0.4, -0.2) is 41.0 Å². The van der Waals surface area contributed by atoms with E-state index in [0.717, 1.165) is 28.7 Å². The van der Waals surface area contributed by atoms with Gasteiger partial charge in [0.2, 0.25) is 0 Å². The first-order valence-electron chi connectivity index (χ1n) is 12.3. The zero-order valence-electron chi connectivity index (χ0n) is 21.5. The summed E-state index contributed by atoms with van der Waals surface area (Å²) in [6.45, 7) is 7.84. The molecule has 39 heavy (non-hydrogen) atoms. The van der Waals surface area contributed by atoms with Crippen molar-refractivity contribution in [2.24, 2.45) is 0 Å². The van der Waals surface area contributed by atoms with Crippen molar-refractivity contribution < 1.29 is 29.0 Å². The second kappa shape index (κ2) is 12.4. The van der Waals surface area contributed by atoms with Gasteiger partial charge in [0.25, 0.3) is 5.78 Å². The molecular formula is C29H27BrN2O6S. The van der Waals surface area contributed by atoms with E-state index in [2.05, 4.69) is 34.4 Å². The molecule has 0 bridgehead atoms. The summed E-state index contributed by atoms with van der Waals surface area (Å²) in [5, 5.41) is 11.5. The molecule has 0 saturated carbocycles. The maximum absolute atomic E-state index is 13.4. The van der Waals surface area contributed by atoms with Crippen LogP contribution < -0.4 is 9.64 Å². The van der Waals surface area contributed by atoms with Crippen LogP contribution in [0.1, 0.15) is 52.3 Å². The van der Waals surface area contributed by atoms with Gasteiger partial charge in [0, 0.05) is 10.0 Å². The molecule has 1 aromatic heterocycles. The Labute approximate surface area is 238 Å². The average molecular weight is 612 g/mol. The molecule has 1 aliphatic heterocycles. The third-order valence-electron chi connectivity index (χ3n) is 6.03. The minimum absolute atomic E-state index is 0.0251. The zero-order valence-corrected chi connectivity index (χ0v) is 23.9. The minimum atomic E-state index is -0.971. The van der Waals surface area contributed by atoms with Crippen molar-refractivity contribution >= 4 is 55.8 Å². The molecule has 1 N–H and O–H groups in total. The lowest BCUT2D eigenvalue weighted by molar-refractivity contribution is -0.132. The highest BCUT2D eigenvalue weighted by atomic mass is 79.9. The minimum Gasteiger partial charge on any atom is -0.507 e. The van der Waals surface area contributed by atoms with Gasteiger partial charge in [0.15, 0.2) is 5.13 Å². The van der Waals surface area contributed by atoms with E-state index in [1.54, 1.807) is 55.5 Å². The largest absolute Gasteiger partial charge is 0.507 e. The maximum Gasteiger partial charge on any atom is 0.350 e. The quantitative estimate of drug-likeness (QED) is 0.0710. The highest BCUT2D eigenvalue weighted by Crippen LogP contribution is 2.44. The van der Waals surface area contributed by atoms with Crippen LogP contribution in [0.15, 0.2) is 71.2 Å². The third kappa shape index (κ3) is 5.97. The van der Waals surface area contributed by atoms with Crippen molar-refractivity contribution in [3.8, 4) is 5.75 Å². The Hall–Kier alpha value is -3.76. The number of benzene rings is 2. The number of aliphatic hydroxyl groups excluding tert-OH is 1. The molecule has 1 fully saturated rings. The average Bonchev–Trinajstić information content (AvgIpc) is 3.44. The summed E-state index contributed by atoms with van der Waals surface area (Å²) >= 11 is 4.35.